The minimum absolute atomic E-state index is 0.188. The van der Waals surface area contributed by atoms with Crippen molar-refractivity contribution in [1.82, 2.24) is 0 Å². The summed E-state index contributed by atoms with van der Waals surface area (Å²) in [6, 6.07) is 5.63. The van der Waals surface area contributed by atoms with Gasteiger partial charge in [-0.05, 0) is 18.1 Å². The van der Waals surface area contributed by atoms with Crippen molar-refractivity contribution in [2.45, 2.75) is 12.8 Å². The minimum atomic E-state index is 0.188. The van der Waals surface area contributed by atoms with Crippen molar-refractivity contribution >= 4 is 5.84 Å². The van der Waals surface area contributed by atoms with Crippen LogP contribution >= 0.6 is 0 Å². The van der Waals surface area contributed by atoms with Gasteiger partial charge in [-0.3, -0.25) is 5.41 Å². The van der Waals surface area contributed by atoms with Crippen molar-refractivity contribution in [3.63, 3.8) is 0 Å². The number of hydrogen-bond acceptors (Lipinski definition) is 3. The van der Waals surface area contributed by atoms with Crippen molar-refractivity contribution in [1.29, 1.82) is 5.41 Å². The number of methoxy groups -OCH3 is 2. The van der Waals surface area contributed by atoms with Crippen molar-refractivity contribution in [2.24, 2.45) is 5.73 Å². The van der Waals surface area contributed by atoms with Gasteiger partial charge in [-0.2, -0.15) is 0 Å². The number of ether oxygens (including phenoxy) is 2. The monoisotopic (exact) mass is 208 g/mol. The van der Waals surface area contributed by atoms with E-state index in [1.165, 1.54) is 0 Å². The highest BCUT2D eigenvalue weighted by atomic mass is 16.5. The molecule has 0 aromatic heterocycles. The molecule has 0 atom stereocenters. The van der Waals surface area contributed by atoms with E-state index in [4.69, 9.17) is 20.6 Å². The van der Waals surface area contributed by atoms with E-state index < -0.39 is 0 Å². The summed E-state index contributed by atoms with van der Waals surface area (Å²) in [5.74, 6) is 1.72. The number of nitrogens with one attached hydrogen (secondary N) is 1. The molecule has 0 aliphatic rings. The van der Waals surface area contributed by atoms with Crippen molar-refractivity contribution in [2.75, 3.05) is 14.2 Å². The quantitative estimate of drug-likeness (QED) is 0.570. The zero-order valence-corrected chi connectivity index (χ0v) is 9.04. The average Bonchev–Trinajstić information content (AvgIpc) is 2.25. The lowest BCUT2D eigenvalue weighted by Gasteiger charge is -2.09. The van der Waals surface area contributed by atoms with E-state index in [2.05, 4.69) is 0 Å². The van der Waals surface area contributed by atoms with Gasteiger partial charge >= 0.3 is 0 Å². The summed E-state index contributed by atoms with van der Waals surface area (Å²) in [4.78, 5) is 0. The molecule has 3 N–H and O–H groups in total. The molecular formula is C11H16N2O2. The Kier molecular flexibility index (Phi) is 3.97. The first kappa shape index (κ1) is 11.4. The van der Waals surface area contributed by atoms with Gasteiger partial charge in [-0.15, -0.1) is 0 Å². The lowest BCUT2D eigenvalue weighted by atomic mass is 10.1. The van der Waals surface area contributed by atoms with Crippen LogP contribution in [0.15, 0.2) is 18.2 Å². The van der Waals surface area contributed by atoms with Gasteiger partial charge in [0.1, 0.15) is 11.5 Å². The molecule has 0 bridgehead atoms. The molecule has 0 aliphatic carbocycles. The smallest absolute Gasteiger partial charge is 0.125 e. The maximum absolute atomic E-state index is 7.16. The van der Waals surface area contributed by atoms with Gasteiger partial charge in [0.25, 0.3) is 0 Å². The van der Waals surface area contributed by atoms with E-state index in [0.29, 0.717) is 12.8 Å². The summed E-state index contributed by atoms with van der Waals surface area (Å²) in [7, 11) is 3.23. The van der Waals surface area contributed by atoms with Crippen LogP contribution in [0.2, 0.25) is 0 Å². The van der Waals surface area contributed by atoms with Gasteiger partial charge in [-0.1, -0.05) is 6.07 Å². The Morgan fingerprint density at radius 1 is 1.33 bits per heavy atom. The first-order valence-electron chi connectivity index (χ1n) is 4.71. The SMILES string of the molecule is COc1ccc(CCC(=N)N)c(OC)c1. The fourth-order valence-corrected chi connectivity index (χ4v) is 1.33. The maximum Gasteiger partial charge on any atom is 0.125 e. The van der Waals surface area contributed by atoms with Crippen LogP contribution in [-0.2, 0) is 6.42 Å². The molecule has 0 fully saturated rings. The first-order chi connectivity index (χ1) is 7.17. The second-order valence-electron chi connectivity index (χ2n) is 3.20. The summed E-state index contributed by atoms with van der Waals surface area (Å²) in [6.45, 7) is 0. The minimum Gasteiger partial charge on any atom is -0.497 e. The summed E-state index contributed by atoms with van der Waals surface area (Å²) >= 11 is 0. The van der Waals surface area contributed by atoms with Crippen LogP contribution in [-0.4, -0.2) is 20.1 Å². The molecule has 0 unspecified atom stereocenters. The molecule has 0 saturated carbocycles. The Morgan fingerprint density at radius 3 is 2.60 bits per heavy atom. The third-order valence-electron chi connectivity index (χ3n) is 2.16. The highest BCUT2D eigenvalue weighted by Gasteiger charge is 2.05. The van der Waals surface area contributed by atoms with Gasteiger partial charge < -0.3 is 15.2 Å². The molecule has 0 aliphatic heterocycles. The number of rotatable bonds is 5. The summed E-state index contributed by atoms with van der Waals surface area (Å²) in [6.07, 6.45) is 1.26. The molecule has 0 spiro atoms. The molecule has 0 amide bonds. The number of nitrogens with two attached hydrogens (primary N) is 1. The van der Waals surface area contributed by atoms with E-state index in [1.54, 1.807) is 14.2 Å². The lowest BCUT2D eigenvalue weighted by molar-refractivity contribution is 0.391. The largest absolute Gasteiger partial charge is 0.497 e. The van der Waals surface area contributed by atoms with Crippen molar-refractivity contribution in [3.8, 4) is 11.5 Å². The molecule has 1 aromatic carbocycles. The molecule has 15 heavy (non-hydrogen) atoms. The predicted molar refractivity (Wildman–Crippen MR) is 59.8 cm³/mol. The Labute approximate surface area is 89.5 Å². The zero-order chi connectivity index (χ0) is 11.3. The van der Waals surface area contributed by atoms with Gasteiger partial charge in [0.05, 0.1) is 20.1 Å². The molecule has 82 valence electrons. The van der Waals surface area contributed by atoms with Crippen molar-refractivity contribution < 1.29 is 9.47 Å². The Hall–Kier alpha value is -1.71. The molecule has 0 saturated heterocycles. The fraction of sp³-hybridized carbons (Fsp3) is 0.364. The number of aryl methyl sites for hydroxylation is 1. The van der Waals surface area contributed by atoms with E-state index in [9.17, 15) is 0 Å². The number of amidine groups is 1. The van der Waals surface area contributed by atoms with Crippen molar-refractivity contribution in [3.05, 3.63) is 23.8 Å². The maximum atomic E-state index is 7.16. The van der Waals surface area contributed by atoms with Gasteiger partial charge in [-0.25, -0.2) is 0 Å². The molecule has 1 aromatic rings. The first-order valence-corrected chi connectivity index (χ1v) is 4.71. The summed E-state index contributed by atoms with van der Waals surface area (Å²) < 4.78 is 10.3. The highest BCUT2D eigenvalue weighted by molar-refractivity contribution is 5.77. The van der Waals surface area contributed by atoms with Gasteiger partial charge in [0, 0.05) is 12.5 Å². The Bertz CT molecular complexity index is 350. The normalized spacial score (nSPS) is 9.73. The van der Waals surface area contributed by atoms with Crippen LogP contribution in [0.25, 0.3) is 0 Å². The lowest BCUT2D eigenvalue weighted by Crippen LogP contribution is -2.10. The van der Waals surface area contributed by atoms with Crippen LogP contribution in [0.3, 0.4) is 0 Å². The molecule has 4 heteroatoms. The summed E-state index contributed by atoms with van der Waals surface area (Å²) in [5.41, 5.74) is 6.34. The third kappa shape index (κ3) is 3.16. The van der Waals surface area contributed by atoms with E-state index >= 15 is 0 Å². The Balaban J connectivity index is 2.82. The fourth-order valence-electron chi connectivity index (χ4n) is 1.33. The molecule has 4 nitrogen and oxygen atoms in total. The zero-order valence-electron chi connectivity index (χ0n) is 9.04. The van der Waals surface area contributed by atoms with Gasteiger partial charge in [0.15, 0.2) is 0 Å². The molecular weight excluding hydrogens is 192 g/mol. The van der Waals surface area contributed by atoms with Gasteiger partial charge in [0.2, 0.25) is 0 Å². The van der Waals surface area contributed by atoms with Crippen LogP contribution in [0.1, 0.15) is 12.0 Å². The van der Waals surface area contributed by atoms with Crippen LogP contribution < -0.4 is 15.2 Å². The molecule has 1 rings (SSSR count). The second kappa shape index (κ2) is 5.24. The van der Waals surface area contributed by atoms with Crippen LogP contribution in [0.4, 0.5) is 0 Å². The predicted octanol–water partition coefficient (Wildman–Crippen LogP) is 1.57. The van der Waals surface area contributed by atoms with E-state index in [0.717, 1.165) is 17.1 Å². The van der Waals surface area contributed by atoms with Crippen LogP contribution in [0.5, 0.6) is 11.5 Å². The Morgan fingerprint density at radius 2 is 2.07 bits per heavy atom. The number of hydrogen-bond donors (Lipinski definition) is 2. The topological polar surface area (TPSA) is 68.3 Å². The molecule has 0 radical (unpaired) electrons. The standard InChI is InChI=1S/C11H16N2O2/c1-14-9-5-3-8(4-6-11(12)13)10(7-9)15-2/h3,5,7H,4,6H2,1-2H3,(H3,12,13). The van der Waals surface area contributed by atoms with E-state index in [-0.39, 0.29) is 5.84 Å². The highest BCUT2D eigenvalue weighted by Crippen LogP contribution is 2.25. The van der Waals surface area contributed by atoms with E-state index in [1.807, 2.05) is 18.2 Å². The molecule has 0 heterocycles. The summed E-state index contributed by atoms with van der Waals surface area (Å²) in [5, 5.41) is 7.16. The van der Waals surface area contributed by atoms with Crippen LogP contribution in [0, 0.1) is 5.41 Å². The second-order valence-corrected chi connectivity index (χ2v) is 3.20. The third-order valence-corrected chi connectivity index (χ3v) is 2.16. The average molecular weight is 208 g/mol. The number of benzene rings is 1.